The molecule has 0 saturated carbocycles. The lowest BCUT2D eigenvalue weighted by Crippen LogP contribution is -2.54. The summed E-state index contributed by atoms with van der Waals surface area (Å²) < 4.78 is 29.1. The largest absolute Gasteiger partial charge is 0.480 e. The Hall–Kier alpha value is -1.94. The molecule has 0 bridgehead atoms. The van der Waals surface area contributed by atoms with Gasteiger partial charge in [-0.3, -0.25) is 9.48 Å². The second-order valence-corrected chi connectivity index (χ2v) is 8.00. The van der Waals surface area contributed by atoms with Crippen LogP contribution in [0, 0.1) is 13.8 Å². The summed E-state index contributed by atoms with van der Waals surface area (Å²) in [5.41, 5.74) is 0.805. The highest BCUT2D eigenvalue weighted by atomic mass is 32.2. The quantitative estimate of drug-likeness (QED) is 0.760. The number of aryl methyl sites for hydroxylation is 2. The maximum atomic E-state index is 12.6. The van der Waals surface area contributed by atoms with Gasteiger partial charge in [0.05, 0.1) is 17.4 Å². The average Bonchev–Trinajstić information content (AvgIpc) is 2.79. The molecule has 1 fully saturated rings. The second-order valence-electron chi connectivity index (χ2n) is 6.35. The van der Waals surface area contributed by atoms with E-state index in [0.717, 1.165) is 6.42 Å². The lowest BCUT2D eigenvalue weighted by Gasteiger charge is -2.34. The number of carbonyl (C=O) groups is 2. The SMILES string of the molecule is Cc1nn(C)c(C)c1S(=O)(=O)N[C@H](C)C(=O)N1CCCC[C@H]1C(=O)O. The summed E-state index contributed by atoms with van der Waals surface area (Å²) in [5.74, 6) is -1.60. The molecule has 0 unspecified atom stereocenters. The zero-order valence-corrected chi connectivity index (χ0v) is 15.6. The number of nitrogens with zero attached hydrogens (tertiary/aromatic N) is 3. The van der Waals surface area contributed by atoms with E-state index in [4.69, 9.17) is 0 Å². The summed E-state index contributed by atoms with van der Waals surface area (Å²) in [7, 11) is -2.31. The Bertz CT molecular complexity index is 786. The van der Waals surface area contributed by atoms with Crippen molar-refractivity contribution in [2.24, 2.45) is 7.05 Å². The van der Waals surface area contributed by atoms with Gasteiger partial charge in [-0.15, -0.1) is 0 Å². The minimum absolute atomic E-state index is 0.0445. The highest BCUT2D eigenvalue weighted by Gasteiger charge is 2.36. The number of sulfonamides is 1. The number of rotatable bonds is 5. The third-order valence-electron chi connectivity index (χ3n) is 4.48. The molecular weight excluding hydrogens is 348 g/mol. The Balaban J connectivity index is 2.21. The van der Waals surface area contributed by atoms with Crippen molar-refractivity contribution in [1.29, 1.82) is 0 Å². The van der Waals surface area contributed by atoms with Gasteiger partial charge in [0.1, 0.15) is 10.9 Å². The van der Waals surface area contributed by atoms with Gasteiger partial charge in [-0.1, -0.05) is 0 Å². The fourth-order valence-electron chi connectivity index (χ4n) is 3.19. The third-order valence-corrected chi connectivity index (χ3v) is 6.28. The van der Waals surface area contributed by atoms with E-state index < -0.39 is 34.0 Å². The normalized spacial score (nSPS) is 19.7. The second kappa shape index (κ2) is 7.12. The van der Waals surface area contributed by atoms with Gasteiger partial charge in [0, 0.05) is 13.6 Å². The van der Waals surface area contributed by atoms with Crippen molar-refractivity contribution in [3.63, 3.8) is 0 Å². The number of amides is 1. The molecule has 0 spiro atoms. The van der Waals surface area contributed by atoms with Crippen molar-refractivity contribution in [2.45, 2.75) is 57.0 Å². The summed E-state index contributed by atoms with van der Waals surface area (Å²) in [6.45, 7) is 4.95. The summed E-state index contributed by atoms with van der Waals surface area (Å²) in [6.07, 6.45) is 1.81. The topological polar surface area (TPSA) is 122 Å². The molecule has 2 atom stereocenters. The lowest BCUT2D eigenvalue weighted by atomic mass is 10.0. The van der Waals surface area contributed by atoms with E-state index in [1.165, 1.54) is 16.5 Å². The number of piperidine rings is 1. The van der Waals surface area contributed by atoms with Gasteiger partial charge in [-0.25, -0.2) is 13.2 Å². The van der Waals surface area contributed by atoms with E-state index in [9.17, 15) is 23.1 Å². The van der Waals surface area contributed by atoms with E-state index >= 15 is 0 Å². The molecular formula is C15H24N4O5S. The van der Waals surface area contributed by atoms with E-state index in [1.54, 1.807) is 20.9 Å². The zero-order chi connectivity index (χ0) is 18.9. The fraction of sp³-hybridized carbons (Fsp3) is 0.667. The van der Waals surface area contributed by atoms with Gasteiger partial charge in [0.25, 0.3) is 0 Å². The Morgan fingerprint density at radius 2 is 1.96 bits per heavy atom. The van der Waals surface area contributed by atoms with Crippen LogP contribution >= 0.6 is 0 Å². The summed E-state index contributed by atoms with van der Waals surface area (Å²) in [6, 6.07) is -1.97. The van der Waals surface area contributed by atoms with Crippen LogP contribution < -0.4 is 4.72 Å². The Morgan fingerprint density at radius 3 is 2.48 bits per heavy atom. The zero-order valence-electron chi connectivity index (χ0n) is 14.8. The van der Waals surface area contributed by atoms with Crippen LogP contribution in [0.15, 0.2) is 4.90 Å². The van der Waals surface area contributed by atoms with E-state index in [-0.39, 0.29) is 4.90 Å². The molecule has 0 radical (unpaired) electrons. The van der Waals surface area contributed by atoms with Gasteiger partial charge in [0.15, 0.2) is 0 Å². The molecule has 1 aromatic rings. The number of carboxylic acid groups (broad SMARTS) is 1. The summed E-state index contributed by atoms with van der Waals surface area (Å²) >= 11 is 0. The van der Waals surface area contributed by atoms with Crippen LogP contribution in [0.5, 0.6) is 0 Å². The molecule has 1 aromatic heterocycles. The van der Waals surface area contributed by atoms with Crippen LogP contribution in [-0.4, -0.2) is 58.7 Å². The minimum atomic E-state index is -3.95. The number of carbonyl (C=O) groups excluding carboxylic acids is 1. The first-order valence-electron chi connectivity index (χ1n) is 8.12. The van der Waals surface area contributed by atoms with Crippen LogP contribution in [0.2, 0.25) is 0 Å². The summed E-state index contributed by atoms with van der Waals surface area (Å²) in [4.78, 5) is 25.3. The number of nitrogens with one attached hydrogen (secondary N) is 1. The number of hydrogen-bond donors (Lipinski definition) is 2. The first-order valence-corrected chi connectivity index (χ1v) is 9.60. The van der Waals surface area contributed by atoms with Crippen molar-refractivity contribution in [3.8, 4) is 0 Å². The van der Waals surface area contributed by atoms with Crippen LogP contribution in [0.4, 0.5) is 0 Å². The monoisotopic (exact) mass is 372 g/mol. The van der Waals surface area contributed by atoms with E-state index in [0.29, 0.717) is 30.8 Å². The standard InChI is InChI=1S/C15H24N4O5S/c1-9-13(11(3)18(4)16-9)25(23,24)17-10(2)14(20)19-8-6-5-7-12(19)15(21)22/h10,12,17H,5-8H2,1-4H3,(H,21,22)/t10-,12+/m1/s1. The van der Waals surface area contributed by atoms with Gasteiger partial charge in [-0.2, -0.15) is 9.82 Å². The van der Waals surface area contributed by atoms with Crippen molar-refractivity contribution < 1.29 is 23.1 Å². The van der Waals surface area contributed by atoms with Gasteiger partial charge in [-0.05, 0) is 40.0 Å². The van der Waals surface area contributed by atoms with Crippen LogP contribution in [0.25, 0.3) is 0 Å². The van der Waals surface area contributed by atoms with Gasteiger partial charge in [0.2, 0.25) is 15.9 Å². The average molecular weight is 372 g/mol. The number of carboxylic acids is 1. The summed E-state index contributed by atoms with van der Waals surface area (Å²) in [5, 5.41) is 13.4. The number of aromatic nitrogens is 2. The molecule has 10 heteroatoms. The Kier molecular flexibility index (Phi) is 5.52. The predicted octanol–water partition coefficient (Wildman–Crippen LogP) is 0.169. The molecule has 2 heterocycles. The molecule has 1 amide bonds. The molecule has 1 aliphatic rings. The number of likely N-dealkylation sites (tertiary alicyclic amines) is 1. The van der Waals surface area contributed by atoms with Crippen molar-refractivity contribution >= 4 is 21.9 Å². The molecule has 1 saturated heterocycles. The van der Waals surface area contributed by atoms with E-state index in [2.05, 4.69) is 9.82 Å². The predicted molar refractivity (Wildman–Crippen MR) is 89.5 cm³/mol. The van der Waals surface area contributed by atoms with E-state index in [1.807, 2.05) is 0 Å². The Labute approximate surface area is 147 Å². The molecule has 0 aliphatic carbocycles. The highest BCUT2D eigenvalue weighted by molar-refractivity contribution is 7.89. The smallest absolute Gasteiger partial charge is 0.326 e. The molecule has 2 rings (SSSR count). The Morgan fingerprint density at radius 1 is 1.32 bits per heavy atom. The molecule has 9 nitrogen and oxygen atoms in total. The maximum absolute atomic E-state index is 12.6. The van der Waals surface area contributed by atoms with Crippen molar-refractivity contribution in [3.05, 3.63) is 11.4 Å². The molecule has 25 heavy (non-hydrogen) atoms. The van der Waals surface area contributed by atoms with Crippen LogP contribution in [-0.2, 0) is 26.7 Å². The molecule has 140 valence electrons. The van der Waals surface area contributed by atoms with Gasteiger partial charge >= 0.3 is 5.97 Å². The first-order chi connectivity index (χ1) is 11.6. The molecule has 1 aliphatic heterocycles. The van der Waals surface area contributed by atoms with Crippen LogP contribution in [0.1, 0.15) is 37.6 Å². The molecule has 2 N–H and O–H groups in total. The fourth-order valence-corrected chi connectivity index (χ4v) is 4.82. The minimum Gasteiger partial charge on any atom is -0.480 e. The lowest BCUT2D eigenvalue weighted by molar-refractivity contribution is -0.152. The molecule has 0 aromatic carbocycles. The third kappa shape index (κ3) is 3.84. The first kappa shape index (κ1) is 19.4. The van der Waals surface area contributed by atoms with Gasteiger partial charge < -0.3 is 10.0 Å². The van der Waals surface area contributed by atoms with Crippen LogP contribution in [0.3, 0.4) is 0 Å². The highest BCUT2D eigenvalue weighted by Crippen LogP contribution is 2.21. The van der Waals surface area contributed by atoms with Crippen molar-refractivity contribution in [2.75, 3.05) is 6.54 Å². The number of hydrogen-bond acceptors (Lipinski definition) is 5. The van der Waals surface area contributed by atoms with Crippen molar-refractivity contribution in [1.82, 2.24) is 19.4 Å². The number of aliphatic carboxylic acids is 1. The maximum Gasteiger partial charge on any atom is 0.326 e.